The van der Waals surface area contributed by atoms with Gasteiger partial charge in [0, 0.05) is 5.56 Å². The maximum absolute atomic E-state index is 11.3. The molecule has 92 valence electrons. The van der Waals surface area contributed by atoms with Crippen LogP contribution in [0.1, 0.15) is 40.9 Å². The molecule has 0 saturated heterocycles. The average molecular weight is 264 g/mol. The van der Waals surface area contributed by atoms with Gasteiger partial charge in [-0.2, -0.15) is 0 Å². The highest BCUT2D eigenvalue weighted by Crippen LogP contribution is 2.19. The fraction of sp³-hybridized carbons (Fsp3) is 0.417. The third-order valence-electron chi connectivity index (χ3n) is 2.60. The summed E-state index contributed by atoms with van der Waals surface area (Å²) in [6.45, 7) is 6.08. The molecule has 0 fully saturated rings. The Bertz CT molecular complexity index is 364. The number of carbonyl (C=O) groups is 1. The van der Waals surface area contributed by atoms with Crippen LogP contribution in [0.25, 0.3) is 0 Å². The molecule has 0 bridgehead atoms. The lowest BCUT2D eigenvalue weighted by Gasteiger charge is -2.12. The third kappa shape index (κ3) is 3.39. The Morgan fingerprint density at radius 1 is 1.19 bits per heavy atom. The number of hydrogen-bond donors (Lipinski definition) is 1. The van der Waals surface area contributed by atoms with Crippen molar-refractivity contribution in [1.29, 1.82) is 0 Å². The molecule has 0 saturated carbocycles. The van der Waals surface area contributed by atoms with Crippen molar-refractivity contribution in [2.75, 3.05) is 0 Å². The van der Waals surface area contributed by atoms with Crippen molar-refractivity contribution in [2.45, 2.75) is 33.6 Å². The van der Waals surface area contributed by atoms with Gasteiger partial charge in [-0.05, 0) is 36.5 Å². The van der Waals surface area contributed by atoms with Crippen molar-refractivity contribution in [3.63, 3.8) is 0 Å². The van der Waals surface area contributed by atoms with Crippen LogP contribution in [0.2, 0.25) is 0 Å². The highest BCUT2D eigenvalue weighted by Gasteiger charge is 2.12. The van der Waals surface area contributed by atoms with Crippen molar-refractivity contribution >= 4 is 30.7 Å². The van der Waals surface area contributed by atoms with Gasteiger partial charge >= 0.3 is 0 Å². The molecule has 2 N–H and O–H groups in total. The Kier molecular flexibility index (Phi) is 8.31. The summed E-state index contributed by atoms with van der Waals surface area (Å²) in [6.07, 6.45) is 1.81. The second kappa shape index (κ2) is 7.53. The maximum atomic E-state index is 11.3. The highest BCUT2D eigenvalue weighted by atomic mass is 35.5. The van der Waals surface area contributed by atoms with Gasteiger partial charge in [0.2, 0.25) is 5.91 Å². The van der Waals surface area contributed by atoms with Crippen LogP contribution in [0.3, 0.4) is 0 Å². The van der Waals surface area contributed by atoms with Gasteiger partial charge in [-0.1, -0.05) is 26.0 Å². The van der Waals surface area contributed by atoms with Crippen molar-refractivity contribution in [3.05, 3.63) is 34.4 Å². The van der Waals surface area contributed by atoms with Gasteiger partial charge in [0.05, 0.1) is 0 Å². The number of hydrogen-bond acceptors (Lipinski definition) is 1. The fourth-order valence-electron chi connectivity index (χ4n) is 1.89. The minimum Gasteiger partial charge on any atom is -0.366 e. The summed E-state index contributed by atoms with van der Waals surface area (Å²) in [5, 5.41) is 0. The van der Waals surface area contributed by atoms with E-state index >= 15 is 0 Å². The van der Waals surface area contributed by atoms with E-state index in [9.17, 15) is 4.79 Å². The van der Waals surface area contributed by atoms with Crippen LogP contribution in [0.5, 0.6) is 0 Å². The molecule has 1 rings (SSSR count). The van der Waals surface area contributed by atoms with Crippen LogP contribution < -0.4 is 5.73 Å². The Morgan fingerprint density at radius 2 is 1.75 bits per heavy atom. The van der Waals surface area contributed by atoms with Crippen LogP contribution in [-0.2, 0) is 12.8 Å². The summed E-state index contributed by atoms with van der Waals surface area (Å²) in [6, 6.07) is 4.05. The molecule has 1 amide bonds. The Balaban J connectivity index is 0. The Labute approximate surface area is 109 Å². The molecule has 0 atom stereocenters. The molecule has 1 aromatic rings. The molecule has 2 nitrogen and oxygen atoms in total. The van der Waals surface area contributed by atoms with E-state index in [-0.39, 0.29) is 30.7 Å². The van der Waals surface area contributed by atoms with E-state index in [0.29, 0.717) is 5.56 Å². The van der Waals surface area contributed by atoms with Crippen LogP contribution in [0.15, 0.2) is 12.1 Å². The van der Waals surface area contributed by atoms with E-state index in [2.05, 4.69) is 19.9 Å². The molecule has 4 heteroatoms. The van der Waals surface area contributed by atoms with E-state index in [1.54, 1.807) is 0 Å². The van der Waals surface area contributed by atoms with Gasteiger partial charge in [-0.25, -0.2) is 0 Å². The summed E-state index contributed by atoms with van der Waals surface area (Å²) < 4.78 is 0. The fourth-order valence-corrected chi connectivity index (χ4v) is 1.89. The van der Waals surface area contributed by atoms with Crippen LogP contribution in [0.4, 0.5) is 0 Å². The van der Waals surface area contributed by atoms with E-state index in [1.165, 1.54) is 5.56 Å². The summed E-state index contributed by atoms with van der Waals surface area (Å²) >= 11 is 0. The Morgan fingerprint density at radius 3 is 2.12 bits per heavy atom. The number of amides is 1. The molecule has 0 aromatic heterocycles. The first-order valence-corrected chi connectivity index (χ1v) is 5.02. The molecule has 0 spiro atoms. The topological polar surface area (TPSA) is 43.1 Å². The molecule has 0 aliphatic rings. The Hall–Kier alpha value is -0.730. The summed E-state index contributed by atoms with van der Waals surface area (Å²) in [5.41, 5.74) is 9.41. The van der Waals surface area contributed by atoms with Gasteiger partial charge in [-0.15, -0.1) is 24.8 Å². The molecule has 0 aliphatic carbocycles. The largest absolute Gasteiger partial charge is 0.366 e. The monoisotopic (exact) mass is 263 g/mol. The van der Waals surface area contributed by atoms with E-state index in [4.69, 9.17) is 5.73 Å². The van der Waals surface area contributed by atoms with Crippen molar-refractivity contribution < 1.29 is 4.79 Å². The standard InChI is InChI=1S/C12H17NO.2ClH/c1-4-9-7-6-8(3)11(12(13)14)10(9)5-2;;/h6-7H,4-5H2,1-3H3,(H2,13,14);2*1H. The predicted molar refractivity (Wildman–Crippen MR) is 72.9 cm³/mol. The molecular weight excluding hydrogens is 245 g/mol. The molecule has 0 unspecified atom stereocenters. The smallest absolute Gasteiger partial charge is 0.249 e. The second-order valence-electron chi connectivity index (χ2n) is 3.47. The predicted octanol–water partition coefficient (Wildman–Crippen LogP) is 3.06. The molecule has 0 radical (unpaired) electrons. The number of benzene rings is 1. The first-order valence-electron chi connectivity index (χ1n) is 5.02. The normalized spacial score (nSPS) is 8.94. The first kappa shape index (κ1) is 17.7. The van der Waals surface area contributed by atoms with Gasteiger partial charge in [0.1, 0.15) is 0 Å². The first-order chi connectivity index (χ1) is 6.61. The number of primary amides is 1. The summed E-state index contributed by atoms with van der Waals surface area (Å²) in [7, 11) is 0. The van der Waals surface area contributed by atoms with Crippen LogP contribution in [-0.4, -0.2) is 5.91 Å². The zero-order chi connectivity index (χ0) is 10.7. The van der Waals surface area contributed by atoms with Gasteiger partial charge in [0.25, 0.3) is 0 Å². The minimum atomic E-state index is -0.311. The number of carbonyl (C=O) groups excluding carboxylic acids is 1. The van der Waals surface area contributed by atoms with E-state index < -0.39 is 0 Å². The number of halogens is 2. The number of nitrogens with two attached hydrogens (primary N) is 1. The highest BCUT2D eigenvalue weighted by molar-refractivity contribution is 5.96. The van der Waals surface area contributed by atoms with Crippen LogP contribution in [0, 0.1) is 6.92 Å². The van der Waals surface area contributed by atoms with Crippen molar-refractivity contribution in [3.8, 4) is 0 Å². The van der Waals surface area contributed by atoms with Crippen molar-refractivity contribution in [2.24, 2.45) is 5.73 Å². The van der Waals surface area contributed by atoms with Crippen LogP contribution >= 0.6 is 24.8 Å². The average Bonchev–Trinajstić information content (AvgIpc) is 2.16. The quantitative estimate of drug-likeness (QED) is 0.895. The van der Waals surface area contributed by atoms with E-state index in [1.807, 2.05) is 13.0 Å². The summed E-state index contributed by atoms with van der Waals surface area (Å²) in [5.74, 6) is -0.311. The number of aryl methyl sites for hydroxylation is 2. The third-order valence-corrected chi connectivity index (χ3v) is 2.60. The molecular formula is C12H19Cl2NO. The molecule has 16 heavy (non-hydrogen) atoms. The van der Waals surface area contributed by atoms with Gasteiger partial charge in [0.15, 0.2) is 0 Å². The lowest BCUT2D eigenvalue weighted by Crippen LogP contribution is -2.16. The molecule has 1 aromatic carbocycles. The number of rotatable bonds is 3. The van der Waals surface area contributed by atoms with Gasteiger partial charge < -0.3 is 5.73 Å². The zero-order valence-electron chi connectivity index (χ0n) is 9.87. The summed E-state index contributed by atoms with van der Waals surface area (Å²) in [4.78, 5) is 11.3. The maximum Gasteiger partial charge on any atom is 0.249 e. The van der Waals surface area contributed by atoms with Crippen molar-refractivity contribution in [1.82, 2.24) is 0 Å². The van der Waals surface area contributed by atoms with Gasteiger partial charge in [-0.3, -0.25) is 4.79 Å². The molecule has 0 heterocycles. The minimum absolute atomic E-state index is 0. The zero-order valence-corrected chi connectivity index (χ0v) is 11.5. The molecule has 0 aliphatic heterocycles. The van der Waals surface area contributed by atoms with E-state index in [0.717, 1.165) is 24.0 Å². The second-order valence-corrected chi connectivity index (χ2v) is 3.47. The lowest BCUT2D eigenvalue weighted by atomic mass is 9.93. The SMILES string of the molecule is CCc1ccc(C)c(C(N)=O)c1CC.Cl.Cl. The lowest BCUT2D eigenvalue weighted by molar-refractivity contribution is 0.0998.